The molecular weight excluding hydrogens is 238 g/mol. The first kappa shape index (κ1) is 16.4. The quantitative estimate of drug-likeness (QED) is 0.636. The Kier molecular flexibility index (Phi) is 6.27. The Hall–Kier alpha value is -0.610. The molecule has 4 nitrogen and oxygen atoms in total. The van der Waals surface area contributed by atoms with E-state index in [0.29, 0.717) is 12.1 Å². The van der Waals surface area contributed by atoms with Crippen LogP contribution in [0.2, 0.25) is 0 Å². The van der Waals surface area contributed by atoms with Crippen LogP contribution in [0.4, 0.5) is 0 Å². The molecule has 1 aliphatic carbocycles. The second-order valence-corrected chi connectivity index (χ2v) is 6.34. The standard InChI is InChI=1S/C15H31N3O/c1-5-7-12(2)18(4)11-6-10-15(3,14(16)19)17-13-8-9-13/h12-13,17H,5-11H2,1-4H3,(H2,16,19). The molecule has 1 saturated carbocycles. The number of carbonyl (C=O) groups is 1. The zero-order valence-corrected chi connectivity index (χ0v) is 13.0. The van der Waals surface area contributed by atoms with Crippen LogP contribution in [0.5, 0.6) is 0 Å². The molecule has 1 fully saturated rings. The monoisotopic (exact) mass is 269 g/mol. The zero-order valence-electron chi connectivity index (χ0n) is 13.0. The van der Waals surface area contributed by atoms with Crippen LogP contribution >= 0.6 is 0 Å². The normalized spacial score (nSPS) is 20.3. The number of nitrogens with one attached hydrogen (secondary N) is 1. The van der Waals surface area contributed by atoms with E-state index in [1.807, 2.05) is 6.92 Å². The number of nitrogens with zero attached hydrogens (tertiary/aromatic N) is 1. The van der Waals surface area contributed by atoms with Crippen LogP contribution in [0.15, 0.2) is 0 Å². The van der Waals surface area contributed by atoms with Crippen molar-refractivity contribution in [2.24, 2.45) is 5.73 Å². The topological polar surface area (TPSA) is 58.4 Å². The predicted molar refractivity (Wildman–Crippen MR) is 80.0 cm³/mol. The van der Waals surface area contributed by atoms with Crippen LogP contribution < -0.4 is 11.1 Å². The molecule has 0 aromatic heterocycles. The number of primary amides is 1. The average molecular weight is 269 g/mol. The van der Waals surface area contributed by atoms with Gasteiger partial charge in [0, 0.05) is 12.1 Å². The van der Waals surface area contributed by atoms with Gasteiger partial charge in [-0.2, -0.15) is 0 Å². The zero-order chi connectivity index (χ0) is 14.5. The van der Waals surface area contributed by atoms with Gasteiger partial charge in [0.2, 0.25) is 5.91 Å². The van der Waals surface area contributed by atoms with Crippen LogP contribution in [0.25, 0.3) is 0 Å². The molecule has 2 unspecified atom stereocenters. The SMILES string of the molecule is CCCC(C)N(C)CCCC(C)(NC1CC1)C(N)=O. The Bertz CT molecular complexity index is 291. The highest BCUT2D eigenvalue weighted by molar-refractivity contribution is 5.84. The Labute approximate surface area is 118 Å². The number of nitrogens with two attached hydrogens (primary N) is 1. The van der Waals surface area contributed by atoms with Crippen molar-refractivity contribution < 1.29 is 4.79 Å². The van der Waals surface area contributed by atoms with Gasteiger partial charge in [-0.05, 0) is 59.5 Å². The average Bonchev–Trinajstić information content (AvgIpc) is 3.12. The van der Waals surface area contributed by atoms with Gasteiger partial charge in [0.15, 0.2) is 0 Å². The third-order valence-corrected chi connectivity index (χ3v) is 4.29. The molecular formula is C15H31N3O. The molecule has 1 rings (SSSR count). The molecule has 1 amide bonds. The van der Waals surface area contributed by atoms with E-state index >= 15 is 0 Å². The Balaban J connectivity index is 2.33. The highest BCUT2D eigenvalue weighted by atomic mass is 16.1. The van der Waals surface area contributed by atoms with Gasteiger partial charge in [0.25, 0.3) is 0 Å². The van der Waals surface area contributed by atoms with Crippen molar-refractivity contribution in [2.45, 2.75) is 76.9 Å². The van der Waals surface area contributed by atoms with E-state index in [1.165, 1.54) is 25.7 Å². The van der Waals surface area contributed by atoms with Crippen LogP contribution in [0.1, 0.15) is 59.3 Å². The molecule has 0 radical (unpaired) electrons. The molecule has 19 heavy (non-hydrogen) atoms. The van der Waals surface area contributed by atoms with Crippen molar-refractivity contribution in [3.05, 3.63) is 0 Å². The smallest absolute Gasteiger partial charge is 0.237 e. The second-order valence-electron chi connectivity index (χ2n) is 6.34. The summed E-state index contributed by atoms with van der Waals surface area (Å²) in [6.45, 7) is 7.45. The van der Waals surface area contributed by atoms with Crippen molar-refractivity contribution in [2.75, 3.05) is 13.6 Å². The third-order valence-electron chi connectivity index (χ3n) is 4.29. The van der Waals surface area contributed by atoms with E-state index in [1.54, 1.807) is 0 Å². The third kappa shape index (κ3) is 5.49. The molecule has 4 heteroatoms. The lowest BCUT2D eigenvalue weighted by Crippen LogP contribution is -2.54. The summed E-state index contributed by atoms with van der Waals surface area (Å²) in [6, 6.07) is 1.12. The Morgan fingerprint density at radius 1 is 1.53 bits per heavy atom. The predicted octanol–water partition coefficient (Wildman–Crippen LogP) is 1.88. The second kappa shape index (κ2) is 7.25. The summed E-state index contributed by atoms with van der Waals surface area (Å²) in [5, 5.41) is 3.40. The number of hydrogen-bond donors (Lipinski definition) is 2. The lowest BCUT2D eigenvalue weighted by atomic mass is 9.94. The molecule has 112 valence electrons. The van der Waals surface area contributed by atoms with Crippen molar-refractivity contribution in [3.8, 4) is 0 Å². The fourth-order valence-electron chi connectivity index (χ4n) is 2.49. The maximum absolute atomic E-state index is 11.6. The number of hydrogen-bond acceptors (Lipinski definition) is 3. The lowest BCUT2D eigenvalue weighted by molar-refractivity contribution is -0.124. The van der Waals surface area contributed by atoms with Crippen LogP contribution in [-0.2, 0) is 4.79 Å². The molecule has 0 aliphatic heterocycles. The van der Waals surface area contributed by atoms with Gasteiger partial charge < -0.3 is 16.0 Å². The van der Waals surface area contributed by atoms with E-state index in [2.05, 4.69) is 31.1 Å². The molecule has 0 aromatic rings. The maximum atomic E-state index is 11.6. The van der Waals surface area contributed by atoms with Crippen molar-refractivity contribution in [1.82, 2.24) is 10.2 Å². The minimum Gasteiger partial charge on any atom is -0.368 e. The van der Waals surface area contributed by atoms with E-state index in [9.17, 15) is 4.79 Å². The summed E-state index contributed by atoms with van der Waals surface area (Å²) in [5.74, 6) is -0.219. The molecule has 0 spiro atoms. The molecule has 0 heterocycles. The van der Waals surface area contributed by atoms with E-state index in [4.69, 9.17) is 5.73 Å². The minimum absolute atomic E-state index is 0.219. The maximum Gasteiger partial charge on any atom is 0.237 e. The van der Waals surface area contributed by atoms with E-state index < -0.39 is 5.54 Å². The van der Waals surface area contributed by atoms with Gasteiger partial charge in [-0.15, -0.1) is 0 Å². The highest BCUT2D eigenvalue weighted by Gasteiger charge is 2.36. The van der Waals surface area contributed by atoms with Gasteiger partial charge in [0.1, 0.15) is 0 Å². The van der Waals surface area contributed by atoms with Gasteiger partial charge in [-0.25, -0.2) is 0 Å². The number of carbonyl (C=O) groups excluding carboxylic acids is 1. The molecule has 0 aromatic carbocycles. The minimum atomic E-state index is -0.532. The van der Waals surface area contributed by atoms with Crippen molar-refractivity contribution in [1.29, 1.82) is 0 Å². The van der Waals surface area contributed by atoms with Crippen molar-refractivity contribution in [3.63, 3.8) is 0 Å². The van der Waals surface area contributed by atoms with Crippen molar-refractivity contribution >= 4 is 5.91 Å². The van der Waals surface area contributed by atoms with Gasteiger partial charge in [-0.3, -0.25) is 4.79 Å². The first-order chi connectivity index (χ1) is 8.89. The van der Waals surface area contributed by atoms with Crippen LogP contribution in [0.3, 0.4) is 0 Å². The van der Waals surface area contributed by atoms with Crippen LogP contribution in [0, 0.1) is 0 Å². The summed E-state index contributed by atoms with van der Waals surface area (Å²) in [7, 11) is 2.16. The Morgan fingerprint density at radius 2 is 2.16 bits per heavy atom. The summed E-state index contributed by atoms with van der Waals surface area (Å²) in [6.07, 6.45) is 6.62. The van der Waals surface area contributed by atoms with Gasteiger partial charge in [-0.1, -0.05) is 13.3 Å². The van der Waals surface area contributed by atoms with E-state index in [0.717, 1.165) is 19.4 Å². The van der Waals surface area contributed by atoms with Crippen LogP contribution in [-0.4, -0.2) is 42.0 Å². The molecule has 3 N–H and O–H groups in total. The van der Waals surface area contributed by atoms with E-state index in [-0.39, 0.29) is 5.91 Å². The lowest BCUT2D eigenvalue weighted by Gasteiger charge is -2.30. The van der Waals surface area contributed by atoms with Gasteiger partial charge >= 0.3 is 0 Å². The number of amides is 1. The molecule has 0 bridgehead atoms. The summed E-state index contributed by atoms with van der Waals surface area (Å²) in [4.78, 5) is 14.0. The summed E-state index contributed by atoms with van der Waals surface area (Å²) < 4.78 is 0. The largest absolute Gasteiger partial charge is 0.368 e. The highest BCUT2D eigenvalue weighted by Crippen LogP contribution is 2.24. The summed E-state index contributed by atoms with van der Waals surface area (Å²) in [5.41, 5.74) is 5.02. The summed E-state index contributed by atoms with van der Waals surface area (Å²) >= 11 is 0. The Morgan fingerprint density at radius 3 is 2.63 bits per heavy atom. The fourth-order valence-corrected chi connectivity index (χ4v) is 2.49. The molecule has 1 aliphatic rings. The first-order valence-electron chi connectivity index (χ1n) is 7.67. The first-order valence-corrected chi connectivity index (χ1v) is 7.67. The molecule has 2 atom stereocenters. The van der Waals surface area contributed by atoms with Gasteiger partial charge in [0.05, 0.1) is 5.54 Å². The molecule has 0 saturated heterocycles. The fraction of sp³-hybridized carbons (Fsp3) is 0.933. The number of rotatable bonds is 10.